The second-order valence-corrected chi connectivity index (χ2v) is 10.5. The summed E-state index contributed by atoms with van der Waals surface area (Å²) in [6.45, 7) is 3.64. The molecule has 3 rings (SSSR count). The molecule has 0 saturated heterocycles. The smallest absolute Gasteiger partial charge is 0.408 e. The monoisotopic (exact) mass is 589 g/mol. The van der Waals surface area contributed by atoms with E-state index in [1.807, 2.05) is 36.4 Å². The molecule has 43 heavy (non-hydrogen) atoms. The third kappa shape index (κ3) is 10.3. The Morgan fingerprint density at radius 1 is 0.721 bits per heavy atom. The van der Waals surface area contributed by atoms with Gasteiger partial charge in [-0.05, 0) is 29.0 Å². The Hall–Kier alpha value is -4.70. The first-order valence-electron chi connectivity index (χ1n) is 14.1. The van der Waals surface area contributed by atoms with Gasteiger partial charge in [0.25, 0.3) is 0 Å². The van der Waals surface area contributed by atoms with Gasteiger partial charge in [-0.2, -0.15) is 0 Å². The van der Waals surface area contributed by atoms with Gasteiger partial charge in [-0.1, -0.05) is 105 Å². The Bertz CT molecular complexity index is 1320. The summed E-state index contributed by atoms with van der Waals surface area (Å²) < 4.78 is 10.6. The molecule has 228 valence electrons. The minimum Gasteiger partial charge on any atom is -0.481 e. The lowest BCUT2D eigenvalue weighted by Crippen LogP contribution is -2.59. The van der Waals surface area contributed by atoms with Gasteiger partial charge in [0.1, 0.15) is 18.7 Å². The zero-order valence-corrected chi connectivity index (χ0v) is 24.6. The van der Waals surface area contributed by atoms with Crippen molar-refractivity contribution >= 4 is 23.9 Å². The van der Waals surface area contributed by atoms with Crippen LogP contribution >= 0.6 is 0 Å². The van der Waals surface area contributed by atoms with Gasteiger partial charge in [-0.25, -0.2) is 4.79 Å². The molecule has 10 heteroatoms. The topological polar surface area (TPSA) is 143 Å². The number of ether oxygens (including phenoxy) is 2. The van der Waals surface area contributed by atoms with Crippen molar-refractivity contribution in [3.05, 3.63) is 108 Å². The van der Waals surface area contributed by atoms with Crippen LogP contribution in [0, 0.1) is 11.8 Å². The van der Waals surface area contributed by atoms with Crippen molar-refractivity contribution in [2.45, 2.75) is 45.0 Å². The number of carbonyl (C=O) groups is 4. The maximum absolute atomic E-state index is 13.7. The first kappa shape index (κ1) is 32.8. The first-order chi connectivity index (χ1) is 20.7. The number of rotatable bonds is 15. The summed E-state index contributed by atoms with van der Waals surface area (Å²) in [7, 11) is 1.52. The van der Waals surface area contributed by atoms with Crippen molar-refractivity contribution < 1.29 is 33.8 Å². The number of carboxylic acids is 1. The molecule has 0 aliphatic rings. The molecule has 3 aromatic carbocycles. The molecule has 3 aromatic rings. The fourth-order valence-corrected chi connectivity index (χ4v) is 4.57. The van der Waals surface area contributed by atoms with Gasteiger partial charge in [-0.3, -0.25) is 14.4 Å². The Balaban J connectivity index is 1.82. The molecule has 10 nitrogen and oxygen atoms in total. The third-order valence-corrected chi connectivity index (χ3v) is 6.89. The van der Waals surface area contributed by atoms with E-state index in [0.29, 0.717) is 5.56 Å². The molecule has 0 spiro atoms. The normalized spacial score (nSPS) is 13.7. The van der Waals surface area contributed by atoms with Crippen molar-refractivity contribution in [1.29, 1.82) is 0 Å². The Labute approximate surface area is 251 Å². The molecule has 3 amide bonds. The van der Waals surface area contributed by atoms with Crippen LogP contribution in [0.15, 0.2) is 91.0 Å². The van der Waals surface area contributed by atoms with Crippen LogP contribution in [0.5, 0.6) is 0 Å². The molecule has 0 heterocycles. The minimum atomic E-state index is -1.54. The number of hydrogen-bond donors (Lipinski definition) is 4. The molecule has 0 aliphatic heterocycles. The molecular formula is C33H39N3O7. The average molecular weight is 590 g/mol. The van der Waals surface area contributed by atoms with Gasteiger partial charge in [0.2, 0.25) is 11.8 Å². The predicted octanol–water partition coefficient (Wildman–Crippen LogP) is 3.87. The van der Waals surface area contributed by atoms with E-state index in [1.54, 1.807) is 68.4 Å². The van der Waals surface area contributed by atoms with Crippen LogP contribution in [0.4, 0.5) is 4.79 Å². The summed E-state index contributed by atoms with van der Waals surface area (Å²) in [5.74, 6) is -4.31. The van der Waals surface area contributed by atoms with Crippen LogP contribution in [0.1, 0.15) is 36.6 Å². The number of hydrogen-bond acceptors (Lipinski definition) is 6. The highest BCUT2D eigenvalue weighted by molar-refractivity contribution is 5.94. The molecule has 0 fully saturated rings. The summed E-state index contributed by atoms with van der Waals surface area (Å²) in [4.78, 5) is 52.5. The first-order valence-corrected chi connectivity index (χ1v) is 14.1. The Morgan fingerprint density at radius 2 is 1.26 bits per heavy atom. The van der Waals surface area contributed by atoms with E-state index < -0.39 is 47.9 Å². The van der Waals surface area contributed by atoms with E-state index in [1.165, 1.54) is 7.11 Å². The fraction of sp³-hybridized carbons (Fsp3) is 0.333. The molecule has 0 bridgehead atoms. The van der Waals surface area contributed by atoms with Gasteiger partial charge in [0.05, 0.1) is 18.6 Å². The van der Waals surface area contributed by atoms with E-state index >= 15 is 0 Å². The Morgan fingerprint density at radius 3 is 1.79 bits per heavy atom. The second-order valence-electron chi connectivity index (χ2n) is 10.5. The lowest BCUT2D eigenvalue weighted by Gasteiger charge is -2.29. The lowest BCUT2D eigenvalue weighted by atomic mass is 9.90. The maximum atomic E-state index is 13.7. The highest BCUT2D eigenvalue weighted by Gasteiger charge is 2.38. The highest BCUT2D eigenvalue weighted by Crippen LogP contribution is 2.17. The van der Waals surface area contributed by atoms with E-state index in [9.17, 15) is 24.3 Å². The van der Waals surface area contributed by atoms with Crippen molar-refractivity contribution in [2.24, 2.45) is 11.8 Å². The van der Waals surface area contributed by atoms with E-state index in [2.05, 4.69) is 16.0 Å². The number of amides is 3. The van der Waals surface area contributed by atoms with Crippen molar-refractivity contribution in [1.82, 2.24) is 16.0 Å². The van der Waals surface area contributed by atoms with Crippen molar-refractivity contribution in [3.8, 4) is 0 Å². The standard InChI is InChI=1S/C33H39N3O7/c1-22(2)28(30(37)34-27(21-42-3)25-17-11-6-12-18-25)35-31(38)29(26(32(39)40)19-23-13-7-4-8-14-23)36-33(41)43-20-24-15-9-5-10-16-24/h4-18,22,26-29H,19-21H2,1-3H3,(H,34,37)(H,35,38)(H,36,41)(H,39,40)/t26?,27-,28+,29-/m0/s1. The number of carbonyl (C=O) groups excluding carboxylic acids is 3. The quantitative estimate of drug-likeness (QED) is 0.211. The number of nitrogens with one attached hydrogen (secondary N) is 3. The molecule has 0 aliphatic carbocycles. The predicted molar refractivity (Wildman–Crippen MR) is 161 cm³/mol. The van der Waals surface area contributed by atoms with Crippen LogP contribution in [-0.2, 0) is 36.9 Å². The van der Waals surface area contributed by atoms with Crippen LogP contribution in [0.3, 0.4) is 0 Å². The van der Waals surface area contributed by atoms with Gasteiger partial charge >= 0.3 is 12.1 Å². The minimum absolute atomic E-state index is 0.0459. The molecule has 1 unspecified atom stereocenters. The molecule has 0 saturated carbocycles. The van der Waals surface area contributed by atoms with E-state index in [4.69, 9.17) is 9.47 Å². The van der Waals surface area contributed by atoms with Crippen LogP contribution < -0.4 is 16.0 Å². The highest BCUT2D eigenvalue weighted by atomic mass is 16.5. The molecule has 4 N–H and O–H groups in total. The number of alkyl carbamates (subject to hydrolysis) is 1. The number of carboxylic acid groups (broad SMARTS) is 1. The number of methoxy groups -OCH3 is 1. The van der Waals surface area contributed by atoms with E-state index in [0.717, 1.165) is 11.1 Å². The fourth-order valence-electron chi connectivity index (χ4n) is 4.57. The van der Waals surface area contributed by atoms with Gasteiger partial charge in [0, 0.05) is 7.11 Å². The van der Waals surface area contributed by atoms with Crippen LogP contribution in [-0.4, -0.2) is 54.8 Å². The van der Waals surface area contributed by atoms with Gasteiger partial charge in [0.15, 0.2) is 0 Å². The zero-order valence-electron chi connectivity index (χ0n) is 24.6. The summed E-state index contributed by atoms with van der Waals surface area (Å²) >= 11 is 0. The van der Waals surface area contributed by atoms with Crippen LogP contribution in [0.2, 0.25) is 0 Å². The maximum Gasteiger partial charge on any atom is 0.408 e. The summed E-state index contributed by atoms with van der Waals surface area (Å²) in [6.07, 6.45) is -1.01. The summed E-state index contributed by atoms with van der Waals surface area (Å²) in [6, 6.07) is 23.9. The lowest BCUT2D eigenvalue weighted by molar-refractivity contribution is -0.145. The third-order valence-electron chi connectivity index (χ3n) is 6.89. The van der Waals surface area contributed by atoms with Crippen LogP contribution in [0.25, 0.3) is 0 Å². The Kier molecular flexibility index (Phi) is 12.7. The molecule has 4 atom stereocenters. The van der Waals surface area contributed by atoms with E-state index in [-0.39, 0.29) is 25.6 Å². The SMILES string of the molecule is COC[C@H](NC(=O)[C@H](NC(=O)[C@@H](NC(=O)OCc1ccccc1)C(Cc1ccccc1)C(=O)O)C(C)C)c1ccccc1. The zero-order chi connectivity index (χ0) is 31.2. The van der Waals surface area contributed by atoms with Crippen molar-refractivity contribution in [3.63, 3.8) is 0 Å². The van der Waals surface area contributed by atoms with Crippen molar-refractivity contribution in [2.75, 3.05) is 13.7 Å². The summed E-state index contributed by atoms with van der Waals surface area (Å²) in [5, 5.41) is 18.2. The van der Waals surface area contributed by atoms with Gasteiger partial charge < -0.3 is 30.5 Å². The summed E-state index contributed by atoms with van der Waals surface area (Å²) in [5.41, 5.74) is 2.20. The molecular weight excluding hydrogens is 550 g/mol. The van der Waals surface area contributed by atoms with Gasteiger partial charge in [-0.15, -0.1) is 0 Å². The average Bonchev–Trinajstić information content (AvgIpc) is 3.01. The second kappa shape index (κ2) is 16.7. The largest absolute Gasteiger partial charge is 0.481 e. The molecule has 0 aromatic heterocycles. The molecule has 0 radical (unpaired) electrons. The number of aliphatic carboxylic acids is 1. The number of benzene rings is 3.